The lowest BCUT2D eigenvalue weighted by atomic mass is 10.1. The fourth-order valence-electron chi connectivity index (χ4n) is 2.78. The molecule has 3 N–H and O–H groups in total. The van der Waals surface area contributed by atoms with Gasteiger partial charge in [-0.3, -0.25) is 19.0 Å². The number of amides is 2. The van der Waals surface area contributed by atoms with Gasteiger partial charge in [-0.25, -0.2) is 4.98 Å². The van der Waals surface area contributed by atoms with Gasteiger partial charge in [-0.2, -0.15) is 0 Å². The number of nitrogens with two attached hydrogens (primary N) is 1. The van der Waals surface area contributed by atoms with Crippen molar-refractivity contribution in [1.29, 1.82) is 0 Å². The summed E-state index contributed by atoms with van der Waals surface area (Å²) >= 11 is 1.26. The summed E-state index contributed by atoms with van der Waals surface area (Å²) in [5, 5.41) is 3.36. The van der Waals surface area contributed by atoms with Crippen molar-refractivity contribution in [3.63, 3.8) is 0 Å². The van der Waals surface area contributed by atoms with Gasteiger partial charge in [-0.1, -0.05) is 24.3 Å². The Morgan fingerprint density at radius 3 is 2.75 bits per heavy atom. The van der Waals surface area contributed by atoms with Crippen molar-refractivity contribution in [1.82, 2.24) is 9.55 Å². The molecule has 0 aliphatic rings. The van der Waals surface area contributed by atoms with Crippen LogP contribution < -0.4 is 16.6 Å². The molecule has 0 fully saturated rings. The molecule has 1 heterocycles. The fraction of sp³-hybridized carbons (Fsp3) is 0.200. The number of primary amides is 1. The van der Waals surface area contributed by atoms with E-state index in [4.69, 9.17) is 5.73 Å². The second-order valence-corrected chi connectivity index (χ2v) is 7.28. The fourth-order valence-corrected chi connectivity index (χ4v) is 3.52. The number of para-hydroxylation sites is 2. The average molecular weight is 396 g/mol. The van der Waals surface area contributed by atoms with E-state index in [0.717, 1.165) is 10.5 Å². The van der Waals surface area contributed by atoms with Crippen LogP contribution >= 0.6 is 11.8 Å². The molecule has 0 saturated heterocycles. The van der Waals surface area contributed by atoms with Gasteiger partial charge in [0.2, 0.25) is 11.8 Å². The maximum atomic E-state index is 12.6. The molecule has 144 valence electrons. The third-order valence-corrected chi connectivity index (χ3v) is 5.26. The van der Waals surface area contributed by atoms with E-state index in [1.165, 1.54) is 22.7 Å². The molecule has 0 saturated carbocycles. The van der Waals surface area contributed by atoms with Gasteiger partial charge < -0.3 is 11.1 Å². The van der Waals surface area contributed by atoms with E-state index in [1.54, 1.807) is 18.2 Å². The maximum Gasteiger partial charge on any atom is 0.261 e. The standard InChI is InChI=1S/C20H20N4O3S/c1-13-5-4-6-14-19(13)22-12-24(20(14)27)10-9-18(26)23-15-7-2-3-8-16(15)28-11-17(21)25/h2-8,12H,9-11H2,1H3,(H2,21,25)(H,23,26). The summed E-state index contributed by atoms with van der Waals surface area (Å²) in [5.74, 6) is -0.530. The minimum Gasteiger partial charge on any atom is -0.369 e. The number of hydrogen-bond donors (Lipinski definition) is 2. The zero-order valence-electron chi connectivity index (χ0n) is 15.3. The van der Waals surface area contributed by atoms with Crippen LogP contribution in [0.5, 0.6) is 0 Å². The van der Waals surface area contributed by atoms with Crippen molar-refractivity contribution in [3.05, 3.63) is 64.7 Å². The van der Waals surface area contributed by atoms with Gasteiger partial charge >= 0.3 is 0 Å². The van der Waals surface area contributed by atoms with Gasteiger partial charge in [0.15, 0.2) is 0 Å². The third-order valence-electron chi connectivity index (χ3n) is 4.17. The summed E-state index contributed by atoms with van der Waals surface area (Å²) < 4.78 is 1.44. The Balaban J connectivity index is 1.69. The first-order chi connectivity index (χ1) is 13.5. The van der Waals surface area contributed by atoms with E-state index in [0.29, 0.717) is 16.6 Å². The molecule has 2 amide bonds. The van der Waals surface area contributed by atoms with Gasteiger partial charge in [-0.15, -0.1) is 11.8 Å². The topological polar surface area (TPSA) is 107 Å². The number of nitrogens with zero attached hydrogens (tertiary/aromatic N) is 2. The number of aromatic nitrogens is 2. The molecule has 7 nitrogen and oxygen atoms in total. The van der Waals surface area contributed by atoms with Crippen LogP contribution in [0.15, 0.2) is 58.5 Å². The number of benzene rings is 2. The Labute approximate surface area is 166 Å². The highest BCUT2D eigenvalue weighted by atomic mass is 32.2. The normalized spacial score (nSPS) is 10.8. The second kappa shape index (κ2) is 8.71. The van der Waals surface area contributed by atoms with Crippen molar-refractivity contribution < 1.29 is 9.59 Å². The number of hydrogen-bond acceptors (Lipinski definition) is 5. The first-order valence-corrected chi connectivity index (χ1v) is 9.69. The van der Waals surface area contributed by atoms with E-state index in [2.05, 4.69) is 10.3 Å². The van der Waals surface area contributed by atoms with Crippen molar-refractivity contribution in [2.24, 2.45) is 5.73 Å². The van der Waals surface area contributed by atoms with E-state index in [9.17, 15) is 14.4 Å². The third kappa shape index (κ3) is 4.58. The van der Waals surface area contributed by atoms with Crippen LogP contribution in [-0.4, -0.2) is 27.1 Å². The van der Waals surface area contributed by atoms with Crippen molar-refractivity contribution in [2.45, 2.75) is 24.8 Å². The minimum absolute atomic E-state index is 0.119. The summed E-state index contributed by atoms with van der Waals surface area (Å²) in [7, 11) is 0. The van der Waals surface area contributed by atoms with Crippen molar-refractivity contribution in [3.8, 4) is 0 Å². The van der Waals surface area contributed by atoms with Crippen LogP contribution in [0.25, 0.3) is 10.9 Å². The predicted molar refractivity (Wildman–Crippen MR) is 110 cm³/mol. The number of carbonyl (C=O) groups excluding carboxylic acids is 2. The highest BCUT2D eigenvalue weighted by molar-refractivity contribution is 8.00. The number of aryl methyl sites for hydroxylation is 2. The van der Waals surface area contributed by atoms with Gasteiger partial charge in [-0.05, 0) is 30.7 Å². The molecule has 0 spiro atoms. The van der Waals surface area contributed by atoms with Crippen LogP contribution in [0.1, 0.15) is 12.0 Å². The maximum absolute atomic E-state index is 12.6. The van der Waals surface area contributed by atoms with Crippen LogP contribution in [0.4, 0.5) is 5.69 Å². The molecule has 3 aromatic rings. The monoisotopic (exact) mass is 396 g/mol. The van der Waals surface area contributed by atoms with Gasteiger partial charge in [0.1, 0.15) is 0 Å². The number of carbonyl (C=O) groups is 2. The number of rotatable bonds is 7. The van der Waals surface area contributed by atoms with E-state index < -0.39 is 5.91 Å². The highest BCUT2D eigenvalue weighted by Crippen LogP contribution is 2.26. The molecule has 0 aliphatic carbocycles. The molecule has 1 aromatic heterocycles. The summed E-state index contributed by atoms with van der Waals surface area (Å²) in [6.07, 6.45) is 1.59. The first kappa shape index (κ1) is 19.6. The summed E-state index contributed by atoms with van der Waals surface area (Å²) in [4.78, 5) is 41.0. The first-order valence-electron chi connectivity index (χ1n) is 8.70. The van der Waals surface area contributed by atoms with Crippen LogP contribution in [0.2, 0.25) is 0 Å². The highest BCUT2D eigenvalue weighted by Gasteiger charge is 2.10. The summed E-state index contributed by atoms with van der Waals surface area (Å²) in [6, 6.07) is 12.6. The molecule has 0 aliphatic heterocycles. The average Bonchev–Trinajstić information content (AvgIpc) is 2.67. The molecule has 0 bridgehead atoms. The summed E-state index contributed by atoms with van der Waals surface area (Å²) in [6.45, 7) is 2.12. The largest absolute Gasteiger partial charge is 0.369 e. The molecule has 28 heavy (non-hydrogen) atoms. The smallest absolute Gasteiger partial charge is 0.261 e. The van der Waals surface area contributed by atoms with Crippen molar-refractivity contribution >= 4 is 40.2 Å². The molecular formula is C20H20N4O3S. The lowest BCUT2D eigenvalue weighted by Crippen LogP contribution is -2.24. The zero-order chi connectivity index (χ0) is 20.1. The molecule has 0 radical (unpaired) electrons. The molecule has 2 aromatic carbocycles. The van der Waals surface area contributed by atoms with E-state index in [-0.39, 0.29) is 30.2 Å². The lowest BCUT2D eigenvalue weighted by molar-refractivity contribution is -0.116. The van der Waals surface area contributed by atoms with Gasteiger partial charge in [0.05, 0.1) is 28.7 Å². The minimum atomic E-state index is -0.426. The molecule has 3 rings (SSSR count). The Morgan fingerprint density at radius 1 is 1.18 bits per heavy atom. The van der Waals surface area contributed by atoms with E-state index >= 15 is 0 Å². The lowest BCUT2D eigenvalue weighted by Gasteiger charge is -2.11. The molecule has 0 unspecified atom stereocenters. The number of fused-ring (bicyclic) bond motifs is 1. The number of anilines is 1. The van der Waals surface area contributed by atoms with Crippen LogP contribution in [0, 0.1) is 6.92 Å². The van der Waals surface area contributed by atoms with Gasteiger partial charge in [0.25, 0.3) is 5.56 Å². The molecule has 8 heteroatoms. The molecular weight excluding hydrogens is 376 g/mol. The SMILES string of the molecule is Cc1cccc2c(=O)n(CCC(=O)Nc3ccccc3SCC(N)=O)cnc12. The second-order valence-electron chi connectivity index (χ2n) is 6.26. The van der Waals surface area contributed by atoms with Crippen molar-refractivity contribution in [2.75, 3.05) is 11.1 Å². The Hall–Kier alpha value is -3.13. The Kier molecular flexibility index (Phi) is 6.10. The Morgan fingerprint density at radius 2 is 1.96 bits per heavy atom. The quantitative estimate of drug-likeness (QED) is 0.596. The predicted octanol–water partition coefficient (Wildman–Crippen LogP) is 2.31. The van der Waals surface area contributed by atoms with Crippen LogP contribution in [0.3, 0.4) is 0 Å². The summed E-state index contributed by atoms with van der Waals surface area (Å²) in [5.41, 5.74) is 7.23. The van der Waals surface area contributed by atoms with Gasteiger partial charge in [0, 0.05) is 17.9 Å². The van der Waals surface area contributed by atoms with E-state index in [1.807, 2.05) is 31.2 Å². The zero-order valence-corrected chi connectivity index (χ0v) is 16.2. The number of thioether (sulfide) groups is 1. The van der Waals surface area contributed by atoms with Crippen LogP contribution in [-0.2, 0) is 16.1 Å². The number of nitrogens with one attached hydrogen (secondary N) is 1. The Bertz CT molecular complexity index is 1090. The molecule has 0 atom stereocenters.